The average molecular weight is 441 g/mol. The van der Waals surface area contributed by atoms with Crippen molar-refractivity contribution in [2.75, 3.05) is 62.7 Å². The molecule has 2 aromatic rings. The van der Waals surface area contributed by atoms with Gasteiger partial charge in [-0.2, -0.15) is 0 Å². The predicted octanol–water partition coefficient (Wildman–Crippen LogP) is 2.74. The second-order valence-corrected chi connectivity index (χ2v) is 8.07. The van der Waals surface area contributed by atoms with E-state index >= 15 is 0 Å². The van der Waals surface area contributed by atoms with Crippen LogP contribution in [0.1, 0.15) is 33.6 Å². The maximum absolute atomic E-state index is 14.0. The largest absolute Gasteiger partial charge is 0.379 e. The van der Waals surface area contributed by atoms with E-state index in [1.165, 1.54) is 18.2 Å². The van der Waals surface area contributed by atoms with Gasteiger partial charge < -0.3 is 20.3 Å². The molecule has 0 aromatic heterocycles. The SMILES string of the molecule is O=C(Nc1ccc(N2CCCC2)c(C(=O)NCCN2CCOCC2)c1)c1ccccc1F. The molecule has 2 aliphatic heterocycles. The Morgan fingerprint density at radius 3 is 2.44 bits per heavy atom. The number of halogens is 1. The van der Waals surface area contributed by atoms with Gasteiger partial charge in [-0.05, 0) is 43.2 Å². The molecule has 0 spiro atoms. The quantitative estimate of drug-likeness (QED) is 0.693. The van der Waals surface area contributed by atoms with Gasteiger partial charge in [0, 0.05) is 50.6 Å². The van der Waals surface area contributed by atoms with Gasteiger partial charge in [0.15, 0.2) is 0 Å². The van der Waals surface area contributed by atoms with Crippen molar-refractivity contribution in [3.8, 4) is 0 Å². The van der Waals surface area contributed by atoms with Crippen LogP contribution in [-0.4, -0.2) is 69.2 Å². The number of anilines is 2. The van der Waals surface area contributed by atoms with Crippen LogP contribution in [0.4, 0.5) is 15.8 Å². The number of rotatable bonds is 7. The van der Waals surface area contributed by atoms with Crippen LogP contribution < -0.4 is 15.5 Å². The first-order valence-electron chi connectivity index (χ1n) is 11.1. The zero-order valence-electron chi connectivity index (χ0n) is 18.1. The standard InChI is InChI=1S/C24H29FN4O3/c25-21-6-2-1-5-19(21)24(31)27-18-7-8-22(29-10-3-4-11-29)20(17-18)23(30)26-9-12-28-13-15-32-16-14-28/h1-2,5-8,17H,3-4,9-16H2,(H,26,30)(H,27,31). The summed E-state index contributed by atoms with van der Waals surface area (Å²) in [6.07, 6.45) is 2.17. The van der Waals surface area contributed by atoms with E-state index in [1.54, 1.807) is 18.2 Å². The van der Waals surface area contributed by atoms with Crippen LogP contribution in [0.25, 0.3) is 0 Å². The van der Waals surface area contributed by atoms with Crippen molar-refractivity contribution in [2.45, 2.75) is 12.8 Å². The Kier molecular flexibility index (Phi) is 7.34. The molecule has 2 amide bonds. The molecule has 8 heteroatoms. The summed E-state index contributed by atoms with van der Waals surface area (Å²) in [7, 11) is 0. The fourth-order valence-electron chi connectivity index (χ4n) is 4.12. The number of hydrogen-bond acceptors (Lipinski definition) is 5. The Morgan fingerprint density at radius 2 is 1.69 bits per heavy atom. The Labute approximate surface area is 187 Å². The van der Waals surface area contributed by atoms with Gasteiger partial charge in [0.1, 0.15) is 5.82 Å². The van der Waals surface area contributed by atoms with Crippen molar-refractivity contribution in [2.24, 2.45) is 0 Å². The van der Waals surface area contributed by atoms with Crippen molar-refractivity contribution in [3.05, 3.63) is 59.4 Å². The van der Waals surface area contributed by atoms with Crippen molar-refractivity contribution >= 4 is 23.2 Å². The molecule has 0 aliphatic carbocycles. The Balaban J connectivity index is 1.48. The molecular weight excluding hydrogens is 411 g/mol. The topological polar surface area (TPSA) is 73.9 Å². The highest BCUT2D eigenvalue weighted by atomic mass is 19.1. The second kappa shape index (κ2) is 10.6. The van der Waals surface area contributed by atoms with Gasteiger partial charge in [0.2, 0.25) is 0 Å². The van der Waals surface area contributed by atoms with Gasteiger partial charge in [0.05, 0.1) is 24.3 Å². The summed E-state index contributed by atoms with van der Waals surface area (Å²) in [6, 6.07) is 11.1. The molecule has 2 saturated heterocycles. The molecule has 2 aliphatic rings. The number of benzene rings is 2. The fraction of sp³-hybridized carbons (Fsp3) is 0.417. The third-order valence-corrected chi connectivity index (χ3v) is 5.88. The number of carbonyl (C=O) groups excluding carboxylic acids is 2. The third-order valence-electron chi connectivity index (χ3n) is 5.88. The minimum atomic E-state index is -0.584. The summed E-state index contributed by atoms with van der Waals surface area (Å²) in [6.45, 7) is 6.26. The molecule has 0 unspecified atom stereocenters. The van der Waals surface area contributed by atoms with E-state index < -0.39 is 11.7 Å². The lowest BCUT2D eigenvalue weighted by Crippen LogP contribution is -2.41. The van der Waals surface area contributed by atoms with E-state index in [0.29, 0.717) is 17.8 Å². The van der Waals surface area contributed by atoms with E-state index in [-0.39, 0.29) is 11.5 Å². The first-order chi connectivity index (χ1) is 15.6. The van der Waals surface area contributed by atoms with Crippen molar-refractivity contribution < 1.29 is 18.7 Å². The molecule has 0 saturated carbocycles. The minimum Gasteiger partial charge on any atom is -0.379 e. The summed E-state index contributed by atoms with van der Waals surface area (Å²) in [5, 5.41) is 5.73. The maximum Gasteiger partial charge on any atom is 0.258 e. The minimum absolute atomic E-state index is 0.0346. The molecule has 0 bridgehead atoms. The third kappa shape index (κ3) is 5.44. The van der Waals surface area contributed by atoms with E-state index in [0.717, 1.165) is 64.5 Å². The summed E-state index contributed by atoms with van der Waals surface area (Å²) >= 11 is 0. The van der Waals surface area contributed by atoms with Crippen LogP contribution in [0, 0.1) is 5.82 Å². The van der Waals surface area contributed by atoms with Crippen molar-refractivity contribution in [1.29, 1.82) is 0 Å². The summed E-state index contributed by atoms with van der Waals surface area (Å²) in [4.78, 5) is 30.1. The Hall–Kier alpha value is -2.97. The highest BCUT2D eigenvalue weighted by Crippen LogP contribution is 2.28. The number of nitrogens with zero attached hydrogens (tertiary/aromatic N) is 2. The maximum atomic E-state index is 14.0. The van der Waals surface area contributed by atoms with Crippen molar-refractivity contribution in [3.63, 3.8) is 0 Å². The summed E-state index contributed by atoms with van der Waals surface area (Å²) in [5.74, 6) is -1.31. The van der Waals surface area contributed by atoms with E-state index in [1.807, 2.05) is 6.07 Å². The lowest BCUT2D eigenvalue weighted by atomic mass is 10.1. The zero-order chi connectivity index (χ0) is 22.3. The smallest absolute Gasteiger partial charge is 0.258 e. The van der Waals surface area contributed by atoms with Gasteiger partial charge >= 0.3 is 0 Å². The molecular formula is C24H29FN4O3. The average Bonchev–Trinajstić information content (AvgIpc) is 3.35. The normalized spacial score (nSPS) is 16.7. The Bertz CT molecular complexity index is 956. The monoisotopic (exact) mass is 440 g/mol. The predicted molar refractivity (Wildman–Crippen MR) is 122 cm³/mol. The molecule has 2 aromatic carbocycles. The lowest BCUT2D eigenvalue weighted by molar-refractivity contribution is 0.0383. The molecule has 2 fully saturated rings. The van der Waals surface area contributed by atoms with Crippen LogP contribution >= 0.6 is 0 Å². The van der Waals surface area contributed by atoms with Crippen molar-refractivity contribution in [1.82, 2.24) is 10.2 Å². The van der Waals surface area contributed by atoms with E-state index in [9.17, 15) is 14.0 Å². The van der Waals surface area contributed by atoms with Gasteiger partial charge in [-0.15, -0.1) is 0 Å². The van der Waals surface area contributed by atoms with E-state index in [4.69, 9.17) is 4.74 Å². The molecule has 4 rings (SSSR count). The number of hydrogen-bond donors (Lipinski definition) is 2. The molecule has 2 heterocycles. The molecule has 2 N–H and O–H groups in total. The number of morpholine rings is 1. The van der Waals surface area contributed by atoms with Crippen LogP contribution in [0.15, 0.2) is 42.5 Å². The van der Waals surface area contributed by atoms with Gasteiger partial charge in [-0.3, -0.25) is 14.5 Å². The number of ether oxygens (including phenoxy) is 1. The van der Waals surface area contributed by atoms with Crippen LogP contribution in [0.2, 0.25) is 0 Å². The molecule has 170 valence electrons. The van der Waals surface area contributed by atoms with Crippen LogP contribution in [0.3, 0.4) is 0 Å². The highest BCUT2D eigenvalue weighted by molar-refractivity contribution is 6.06. The molecule has 7 nitrogen and oxygen atoms in total. The van der Waals surface area contributed by atoms with E-state index in [2.05, 4.69) is 20.4 Å². The number of carbonyl (C=O) groups is 2. The first-order valence-corrected chi connectivity index (χ1v) is 11.1. The van der Waals surface area contributed by atoms with Gasteiger partial charge in [-0.1, -0.05) is 12.1 Å². The zero-order valence-corrected chi connectivity index (χ0v) is 18.1. The molecule has 0 radical (unpaired) electrons. The fourth-order valence-corrected chi connectivity index (χ4v) is 4.12. The Morgan fingerprint density at radius 1 is 0.938 bits per heavy atom. The molecule has 32 heavy (non-hydrogen) atoms. The van der Waals surface area contributed by atoms with Crippen LogP contribution in [0.5, 0.6) is 0 Å². The highest BCUT2D eigenvalue weighted by Gasteiger charge is 2.21. The first kappa shape index (κ1) is 22.2. The number of amides is 2. The van der Waals surface area contributed by atoms with Gasteiger partial charge in [0.25, 0.3) is 11.8 Å². The summed E-state index contributed by atoms with van der Waals surface area (Å²) < 4.78 is 19.3. The molecule has 0 atom stereocenters. The van der Waals surface area contributed by atoms with Gasteiger partial charge in [-0.25, -0.2) is 4.39 Å². The number of nitrogens with one attached hydrogen (secondary N) is 2. The van der Waals surface area contributed by atoms with Crippen LogP contribution in [-0.2, 0) is 4.74 Å². The second-order valence-electron chi connectivity index (χ2n) is 8.07. The summed E-state index contributed by atoms with van der Waals surface area (Å²) in [5.41, 5.74) is 1.79. The lowest BCUT2D eigenvalue weighted by Gasteiger charge is -2.26.